The van der Waals surface area contributed by atoms with Crippen molar-refractivity contribution in [3.8, 4) is 5.75 Å². The molecule has 0 fully saturated rings. The third-order valence-corrected chi connectivity index (χ3v) is 3.39. The van der Waals surface area contributed by atoms with Crippen LogP contribution < -0.4 is 4.74 Å². The van der Waals surface area contributed by atoms with Crippen LogP contribution in [0.3, 0.4) is 0 Å². The molecule has 1 rings (SSSR count). The molecule has 134 valence electrons. The number of benzene rings is 1. The number of ether oxygens (including phenoxy) is 1. The summed E-state index contributed by atoms with van der Waals surface area (Å²) in [7, 11) is 0. The van der Waals surface area contributed by atoms with Gasteiger partial charge in [0.25, 0.3) is 0 Å². The Morgan fingerprint density at radius 3 is 2.25 bits per heavy atom. The van der Waals surface area contributed by atoms with Crippen LogP contribution in [-0.4, -0.2) is 53.3 Å². The average molecular weight is 337 g/mol. The molecule has 0 radical (unpaired) electrons. The second kappa shape index (κ2) is 12.1. The van der Waals surface area contributed by atoms with Gasteiger partial charge in [0.2, 0.25) is 0 Å². The van der Waals surface area contributed by atoms with Gasteiger partial charge in [-0.15, -0.1) is 6.58 Å². The zero-order valence-corrected chi connectivity index (χ0v) is 14.6. The van der Waals surface area contributed by atoms with Crippen molar-refractivity contribution < 1.29 is 24.5 Å². The number of aryl methyl sites for hydroxylation is 1. The summed E-state index contributed by atoms with van der Waals surface area (Å²) in [4.78, 5) is 20.6. The van der Waals surface area contributed by atoms with Crippen LogP contribution in [0.25, 0.3) is 0 Å². The summed E-state index contributed by atoms with van der Waals surface area (Å²) in [5, 5.41) is 14.8. The third kappa shape index (κ3) is 8.33. The quantitative estimate of drug-likeness (QED) is 0.560. The molecule has 0 aliphatic rings. The lowest BCUT2D eigenvalue weighted by molar-refractivity contribution is -0.159. The molecule has 24 heavy (non-hydrogen) atoms. The number of carboxylic acids is 2. The molecule has 2 N–H and O–H groups in total. The lowest BCUT2D eigenvalue weighted by Crippen LogP contribution is -2.28. The van der Waals surface area contributed by atoms with Gasteiger partial charge in [-0.1, -0.05) is 38.1 Å². The molecule has 6 nitrogen and oxygen atoms in total. The number of rotatable bonds is 8. The fourth-order valence-electron chi connectivity index (χ4n) is 2.05. The van der Waals surface area contributed by atoms with Crippen molar-refractivity contribution in [2.24, 2.45) is 0 Å². The van der Waals surface area contributed by atoms with Crippen LogP contribution >= 0.6 is 0 Å². The first-order chi connectivity index (χ1) is 11.4. The van der Waals surface area contributed by atoms with E-state index < -0.39 is 11.9 Å². The summed E-state index contributed by atoms with van der Waals surface area (Å²) in [6.45, 7) is 14.1. The molecule has 0 spiro atoms. The van der Waals surface area contributed by atoms with E-state index in [1.807, 2.05) is 6.08 Å². The summed E-state index contributed by atoms with van der Waals surface area (Å²) >= 11 is 0. The number of nitrogens with zero attached hydrogens (tertiary/aromatic N) is 1. The van der Waals surface area contributed by atoms with Crippen molar-refractivity contribution in [1.29, 1.82) is 0 Å². The Labute approximate surface area is 143 Å². The molecule has 0 saturated carbocycles. The number of para-hydroxylation sites is 1. The van der Waals surface area contributed by atoms with E-state index >= 15 is 0 Å². The van der Waals surface area contributed by atoms with Gasteiger partial charge in [0.1, 0.15) is 12.4 Å². The van der Waals surface area contributed by atoms with Crippen LogP contribution in [0.15, 0.2) is 30.9 Å². The van der Waals surface area contributed by atoms with Crippen molar-refractivity contribution in [1.82, 2.24) is 4.90 Å². The highest BCUT2D eigenvalue weighted by Crippen LogP contribution is 2.24. The van der Waals surface area contributed by atoms with Crippen molar-refractivity contribution in [2.75, 3.05) is 26.2 Å². The van der Waals surface area contributed by atoms with Crippen molar-refractivity contribution in [3.05, 3.63) is 42.0 Å². The normalized spacial score (nSPS) is 9.83. The van der Waals surface area contributed by atoms with Gasteiger partial charge in [0.15, 0.2) is 0 Å². The Morgan fingerprint density at radius 1 is 1.21 bits per heavy atom. The smallest absolute Gasteiger partial charge is 0.414 e. The van der Waals surface area contributed by atoms with Gasteiger partial charge in [0.05, 0.1) is 0 Å². The minimum Gasteiger partial charge on any atom is -0.492 e. The number of carbonyl (C=O) groups is 2. The lowest BCUT2D eigenvalue weighted by atomic mass is 10.1. The fourth-order valence-corrected chi connectivity index (χ4v) is 2.05. The summed E-state index contributed by atoms with van der Waals surface area (Å²) in [6, 6.07) is 6.28. The van der Waals surface area contributed by atoms with Crippen LogP contribution in [0.2, 0.25) is 0 Å². The van der Waals surface area contributed by atoms with Crippen LogP contribution in [0, 0.1) is 6.92 Å². The van der Waals surface area contributed by atoms with Gasteiger partial charge in [-0.3, -0.25) is 0 Å². The number of hydrogen-bond donors (Lipinski definition) is 2. The minimum atomic E-state index is -1.82. The van der Waals surface area contributed by atoms with E-state index in [-0.39, 0.29) is 0 Å². The summed E-state index contributed by atoms with van der Waals surface area (Å²) in [6.07, 6.45) is 2.79. The highest BCUT2D eigenvalue weighted by Gasteiger charge is 2.06. The summed E-state index contributed by atoms with van der Waals surface area (Å²) < 4.78 is 5.97. The van der Waals surface area contributed by atoms with E-state index in [1.54, 1.807) is 0 Å². The van der Waals surface area contributed by atoms with Crippen LogP contribution in [0.1, 0.15) is 25.0 Å². The number of allylic oxidation sites excluding steroid dienone is 1. The molecule has 1 aromatic rings. The SMILES string of the molecule is C=CCc1cccc(C)c1OCCN(CC)CC.O=C(O)C(=O)O. The monoisotopic (exact) mass is 337 g/mol. The van der Waals surface area contributed by atoms with Crippen LogP contribution in [-0.2, 0) is 16.0 Å². The third-order valence-electron chi connectivity index (χ3n) is 3.39. The predicted molar refractivity (Wildman–Crippen MR) is 93.6 cm³/mol. The Hall–Kier alpha value is -2.34. The first kappa shape index (κ1) is 21.7. The zero-order chi connectivity index (χ0) is 18.5. The Morgan fingerprint density at radius 2 is 1.79 bits per heavy atom. The van der Waals surface area contributed by atoms with Crippen LogP contribution in [0.5, 0.6) is 5.75 Å². The highest BCUT2D eigenvalue weighted by atomic mass is 16.5. The van der Waals surface area contributed by atoms with Gasteiger partial charge >= 0.3 is 11.9 Å². The van der Waals surface area contributed by atoms with Gasteiger partial charge in [-0.25, -0.2) is 9.59 Å². The molecule has 0 saturated heterocycles. The Balaban J connectivity index is 0.000000754. The molecule has 0 atom stereocenters. The fraction of sp³-hybridized carbons (Fsp3) is 0.444. The van der Waals surface area contributed by atoms with Crippen LogP contribution in [0.4, 0.5) is 0 Å². The first-order valence-corrected chi connectivity index (χ1v) is 7.88. The number of hydrogen-bond acceptors (Lipinski definition) is 4. The molecule has 0 aliphatic carbocycles. The average Bonchev–Trinajstić information content (AvgIpc) is 2.54. The highest BCUT2D eigenvalue weighted by molar-refractivity contribution is 6.27. The van der Waals surface area contributed by atoms with E-state index in [0.29, 0.717) is 0 Å². The van der Waals surface area contributed by atoms with Gasteiger partial charge in [-0.05, 0) is 37.6 Å². The minimum absolute atomic E-state index is 0.747. The second-order valence-corrected chi connectivity index (χ2v) is 5.04. The lowest BCUT2D eigenvalue weighted by Gasteiger charge is -2.19. The molecule has 0 aliphatic heterocycles. The molecule has 6 heteroatoms. The topological polar surface area (TPSA) is 87.1 Å². The molecular formula is C18H27NO5. The molecular weight excluding hydrogens is 310 g/mol. The molecule has 0 aromatic heterocycles. The largest absolute Gasteiger partial charge is 0.492 e. The predicted octanol–water partition coefficient (Wildman–Crippen LogP) is 2.60. The molecule has 0 unspecified atom stereocenters. The Bertz CT molecular complexity index is 526. The maximum atomic E-state index is 9.10. The second-order valence-electron chi connectivity index (χ2n) is 5.04. The van der Waals surface area contributed by atoms with E-state index in [2.05, 4.69) is 50.4 Å². The van der Waals surface area contributed by atoms with Gasteiger partial charge in [0, 0.05) is 6.54 Å². The maximum Gasteiger partial charge on any atom is 0.414 e. The van der Waals surface area contributed by atoms with E-state index in [9.17, 15) is 0 Å². The Kier molecular flexibility index (Phi) is 10.9. The number of likely N-dealkylation sites (N-methyl/N-ethyl adjacent to an activating group) is 1. The standard InChI is InChI=1S/C16H25NO.C2H2O4/c1-5-9-15-11-8-10-14(4)16(15)18-13-12-17(6-2)7-3;3-1(4)2(5)6/h5,8,10-11H,1,6-7,9,12-13H2,2-4H3;(H,3,4)(H,5,6). The number of carboxylic acid groups (broad SMARTS) is 2. The summed E-state index contributed by atoms with van der Waals surface area (Å²) in [5.41, 5.74) is 2.43. The number of aliphatic carboxylic acids is 2. The van der Waals surface area contributed by atoms with Crippen molar-refractivity contribution >= 4 is 11.9 Å². The molecule has 0 amide bonds. The molecule has 0 heterocycles. The van der Waals surface area contributed by atoms with E-state index in [4.69, 9.17) is 24.5 Å². The first-order valence-electron chi connectivity index (χ1n) is 7.88. The van der Waals surface area contributed by atoms with Gasteiger partial charge in [-0.2, -0.15) is 0 Å². The van der Waals surface area contributed by atoms with E-state index in [0.717, 1.165) is 38.4 Å². The molecule has 0 bridgehead atoms. The van der Waals surface area contributed by atoms with E-state index in [1.165, 1.54) is 11.1 Å². The van der Waals surface area contributed by atoms with Crippen molar-refractivity contribution in [2.45, 2.75) is 27.2 Å². The maximum absolute atomic E-state index is 9.10. The van der Waals surface area contributed by atoms with Gasteiger partial charge < -0.3 is 19.8 Å². The summed E-state index contributed by atoms with van der Waals surface area (Å²) in [5.74, 6) is -2.62. The zero-order valence-electron chi connectivity index (χ0n) is 14.6. The molecule has 1 aromatic carbocycles. The van der Waals surface area contributed by atoms with Crippen molar-refractivity contribution in [3.63, 3.8) is 0 Å².